The molecule has 0 fully saturated rings. The molecule has 0 saturated carbocycles. The fourth-order valence-corrected chi connectivity index (χ4v) is 2.81. The van der Waals surface area contributed by atoms with E-state index in [1.54, 1.807) is 6.20 Å². The van der Waals surface area contributed by atoms with Gasteiger partial charge < -0.3 is 9.73 Å². The van der Waals surface area contributed by atoms with Crippen molar-refractivity contribution in [3.8, 4) is 11.3 Å². The number of hydrogen-bond donors (Lipinski definition) is 1. The Kier molecular flexibility index (Phi) is 3.76. The summed E-state index contributed by atoms with van der Waals surface area (Å²) >= 11 is 7.29. The molecule has 0 saturated heterocycles. The molecule has 2 heterocycles. The highest BCUT2D eigenvalue weighted by Gasteiger charge is 2.03. The third kappa shape index (κ3) is 3.03. The molecule has 0 bridgehead atoms. The lowest BCUT2D eigenvalue weighted by molar-refractivity contribution is 0.548. The normalized spacial score (nSPS) is 10.7. The highest BCUT2D eigenvalue weighted by Crippen LogP contribution is 2.24. The predicted molar refractivity (Wildman–Crippen MR) is 83.3 cm³/mol. The van der Waals surface area contributed by atoms with E-state index in [1.165, 1.54) is 11.3 Å². The Hall–Kier alpha value is -1.78. The lowest BCUT2D eigenvalue weighted by atomic mass is 10.1. The van der Waals surface area contributed by atoms with Crippen molar-refractivity contribution in [2.24, 2.45) is 0 Å². The number of aromatic nitrogens is 1. The summed E-state index contributed by atoms with van der Waals surface area (Å²) in [6.45, 7) is 2.67. The zero-order chi connectivity index (χ0) is 13.9. The van der Waals surface area contributed by atoms with Gasteiger partial charge in [0.25, 0.3) is 0 Å². The van der Waals surface area contributed by atoms with Crippen LogP contribution < -0.4 is 5.32 Å². The molecule has 0 aliphatic carbocycles. The van der Waals surface area contributed by atoms with Gasteiger partial charge in [0.05, 0.1) is 6.54 Å². The summed E-state index contributed by atoms with van der Waals surface area (Å²) in [5.41, 5.74) is 2.13. The van der Waals surface area contributed by atoms with E-state index >= 15 is 0 Å². The van der Waals surface area contributed by atoms with E-state index in [-0.39, 0.29) is 0 Å². The Morgan fingerprint density at radius 3 is 2.60 bits per heavy atom. The second-order valence-electron chi connectivity index (χ2n) is 4.42. The summed E-state index contributed by atoms with van der Waals surface area (Å²) in [6, 6.07) is 12.1. The molecule has 0 unspecified atom stereocenters. The number of nitrogens with one attached hydrogen (secondary N) is 1. The highest BCUT2D eigenvalue weighted by molar-refractivity contribution is 7.15. The molecular weight excluding hydrogens is 292 g/mol. The SMILES string of the molecule is Cc1ccc(-c2ccc(NCc3cnc(Cl)s3)cc2)o1. The lowest BCUT2D eigenvalue weighted by Gasteiger charge is -2.05. The fourth-order valence-electron chi connectivity index (χ4n) is 1.90. The monoisotopic (exact) mass is 304 g/mol. The van der Waals surface area contributed by atoms with Gasteiger partial charge in [0.1, 0.15) is 11.5 Å². The van der Waals surface area contributed by atoms with Crippen LogP contribution in [0.2, 0.25) is 4.47 Å². The first-order chi connectivity index (χ1) is 9.70. The molecule has 20 heavy (non-hydrogen) atoms. The van der Waals surface area contributed by atoms with Crippen LogP contribution in [0.4, 0.5) is 5.69 Å². The lowest BCUT2D eigenvalue weighted by Crippen LogP contribution is -1.96. The van der Waals surface area contributed by atoms with Crippen LogP contribution in [-0.2, 0) is 6.54 Å². The maximum Gasteiger partial charge on any atom is 0.183 e. The Balaban J connectivity index is 1.67. The van der Waals surface area contributed by atoms with E-state index in [2.05, 4.69) is 10.3 Å². The minimum Gasteiger partial charge on any atom is -0.461 e. The molecule has 0 spiro atoms. The van der Waals surface area contributed by atoms with Crippen LogP contribution in [0, 0.1) is 6.92 Å². The van der Waals surface area contributed by atoms with Crippen molar-refractivity contribution in [1.82, 2.24) is 4.98 Å². The molecule has 1 aromatic carbocycles. The Bertz CT molecular complexity index is 703. The van der Waals surface area contributed by atoms with Crippen LogP contribution in [0.25, 0.3) is 11.3 Å². The Morgan fingerprint density at radius 1 is 1.20 bits per heavy atom. The number of furan rings is 1. The average Bonchev–Trinajstić information content (AvgIpc) is 3.06. The molecule has 3 rings (SSSR count). The molecule has 102 valence electrons. The average molecular weight is 305 g/mol. The minimum atomic E-state index is 0.574. The van der Waals surface area contributed by atoms with Crippen molar-refractivity contribution < 1.29 is 4.42 Å². The van der Waals surface area contributed by atoms with Gasteiger partial charge in [-0.1, -0.05) is 11.6 Å². The van der Waals surface area contributed by atoms with E-state index in [9.17, 15) is 0 Å². The van der Waals surface area contributed by atoms with Gasteiger partial charge in [0.2, 0.25) is 0 Å². The topological polar surface area (TPSA) is 38.1 Å². The second-order valence-corrected chi connectivity index (χ2v) is 6.12. The number of rotatable bonds is 4. The summed E-state index contributed by atoms with van der Waals surface area (Å²) in [4.78, 5) is 5.13. The van der Waals surface area contributed by atoms with Gasteiger partial charge in [0.15, 0.2) is 4.47 Å². The van der Waals surface area contributed by atoms with Gasteiger partial charge >= 0.3 is 0 Å². The van der Waals surface area contributed by atoms with Gasteiger partial charge in [-0.2, -0.15) is 0 Å². The maximum atomic E-state index is 5.80. The molecule has 1 N–H and O–H groups in total. The molecule has 0 atom stereocenters. The molecule has 0 aliphatic rings. The van der Waals surface area contributed by atoms with Gasteiger partial charge in [-0.25, -0.2) is 4.98 Å². The van der Waals surface area contributed by atoms with Crippen molar-refractivity contribution in [3.05, 3.63) is 57.7 Å². The molecular formula is C15H13ClN2OS. The van der Waals surface area contributed by atoms with Crippen molar-refractivity contribution in [2.75, 3.05) is 5.32 Å². The second kappa shape index (κ2) is 5.69. The quantitative estimate of drug-likeness (QED) is 0.739. The molecule has 3 aromatic rings. The molecule has 3 nitrogen and oxygen atoms in total. The zero-order valence-corrected chi connectivity index (χ0v) is 12.5. The van der Waals surface area contributed by atoms with Crippen LogP contribution in [0.15, 0.2) is 47.0 Å². The first kappa shape index (κ1) is 13.2. The van der Waals surface area contributed by atoms with Crippen molar-refractivity contribution in [3.63, 3.8) is 0 Å². The summed E-state index contributed by atoms with van der Waals surface area (Å²) < 4.78 is 6.17. The number of benzene rings is 1. The Morgan fingerprint density at radius 2 is 2.00 bits per heavy atom. The van der Waals surface area contributed by atoms with E-state index in [4.69, 9.17) is 16.0 Å². The summed E-state index contributed by atoms with van der Waals surface area (Å²) in [5, 5.41) is 3.34. The summed E-state index contributed by atoms with van der Waals surface area (Å²) in [7, 11) is 0. The van der Waals surface area contributed by atoms with Crippen LogP contribution >= 0.6 is 22.9 Å². The highest BCUT2D eigenvalue weighted by atomic mass is 35.5. The van der Waals surface area contributed by atoms with E-state index in [0.29, 0.717) is 4.47 Å². The molecule has 0 aliphatic heterocycles. The molecule has 5 heteroatoms. The number of hydrogen-bond acceptors (Lipinski definition) is 4. The maximum absolute atomic E-state index is 5.80. The van der Waals surface area contributed by atoms with Crippen molar-refractivity contribution in [2.45, 2.75) is 13.5 Å². The van der Waals surface area contributed by atoms with Crippen LogP contribution in [0.3, 0.4) is 0 Å². The summed E-state index contributed by atoms with van der Waals surface area (Å²) in [6.07, 6.45) is 1.79. The largest absolute Gasteiger partial charge is 0.461 e. The van der Waals surface area contributed by atoms with Gasteiger partial charge in [0, 0.05) is 22.3 Å². The number of aryl methyl sites for hydroxylation is 1. The number of nitrogens with zero attached hydrogens (tertiary/aromatic N) is 1. The number of thiazole rings is 1. The first-order valence-electron chi connectivity index (χ1n) is 6.22. The van der Waals surface area contributed by atoms with Gasteiger partial charge in [-0.05, 0) is 43.3 Å². The third-order valence-electron chi connectivity index (χ3n) is 2.90. The molecule has 0 amide bonds. The third-order valence-corrected chi connectivity index (χ3v) is 4.02. The zero-order valence-electron chi connectivity index (χ0n) is 10.9. The predicted octanol–water partition coefficient (Wildman–Crippen LogP) is 4.98. The van der Waals surface area contributed by atoms with Crippen molar-refractivity contribution >= 4 is 28.6 Å². The van der Waals surface area contributed by atoms with Crippen LogP contribution in [-0.4, -0.2) is 4.98 Å². The fraction of sp³-hybridized carbons (Fsp3) is 0.133. The summed E-state index contributed by atoms with van der Waals surface area (Å²) in [5.74, 6) is 1.81. The Labute approximate surface area is 126 Å². The smallest absolute Gasteiger partial charge is 0.183 e. The minimum absolute atomic E-state index is 0.574. The molecule has 2 aromatic heterocycles. The number of anilines is 1. The standard InChI is InChI=1S/C15H13ClN2OS/c1-10-2-7-14(19-10)11-3-5-12(6-4-11)17-8-13-9-18-15(16)20-13/h2-7,9,17H,8H2,1H3. The van der Waals surface area contributed by atoms with Crippen LogP contribution in [0.5, 0.6) is 0 Å². The van der Waals surface area contributed by atoms with E-state index in [1.807, 2.05) is 43.3 Å². The van der Waals surface area contributed by atoms with E-state index in [0.717, 1.165) is 34.2 Å². The first-order valence-corrected chi connectivity index (χ1v) is 7.41. The van der Waals surface area contributed by atoms with Gasteiger partial charge in [-0.3, -0.25) is 0 Å². The van der Waals surface area contributed by atoms with Crippen LogP contribution in [0.1, 0.15) is 10.6 Å². The number of halogens is 1. The molecule has 0 radical (unpaired) electrons. The van der Waals surface area contributed by atoms with Crippen molar-refractivity contribution in [1.29, 1.82) is 0 Å². The van der Waals surface area contributed by atoms with Gasteiger partial charge in [-0.15, -0.1) is 11.3 Å². The van der Waals surface area contributed by atoms with E-state index < -0.39 is 0 Å².